The van der Waals surface area contributed by atoms with Crippen LogP contribution in [0.5, 0.6) is 5.75 Å². The largest absolute Gasteiger partial charge is 0.497 e. The summed E-state index contributed by atoms with van der Waals surface area (Å²) in [7, 11) is 1.66. The first-order valence-corrected chi connectivity index (χ1v) is 12.3. The molecule has 10 heteroatoms. The Morgan fingerprint density at radius 2 is 1.74 bits per heavy atom. The van der Waals surface area contributed by atoms with Gasteiger partial charge in [0, 0.05) is 36.9 Å². The lowest BCUT2D eigenvalue weighted by atomic mass is 10.2. The third-order valence-corrected chi connectivity index (χ3v) is 7.59. The summed E-state index contributed by atoms with van der Waals surface area (Å²) in [6.07, 6.45) is 0. The summed E-state index contributed by atoms with van der Waals surface area (Å²) in [5.41, 5.74) is 2.01. The minimum atomic E-state index is 0.124. The molecule has 0 radical (unpaired) electrons. The number of ether oxygens (including phenoxy) is 1. The van der Waals surface area contributed by atoms with Gasteiger partial charge in [-0.15, -0.1) is 5.10 Å². The molecule has 0 aliphatic carbocycles. The van der Waals surface area contributed by atoms with Crippen molar-refractivity contribution in [2.75, 3.05) is 43.9 Å². The quantitative estimate of drug-likeness (QED) is 0.365. The summed E-state index contributed by atoms with van der Waals surface area (Å²) in [6, 6.07) is 15.4. The van der Waals surface area contributed by atoms with Crippen molar-refractivity contribution in [2.45, 2.75) is 4.34 Å². The van der Waals surface area contributed by atoms with E-state index in [0.717, 1.165) is 34.6 Å². The second kappa shape index (κ2) is 10.0. The third-order valence-electron chi connectivity index (χ3n) is 4.99. The fourth-order valence-electron chi connectivity index (χ4n) is 3.29. The number of carbonyl (C=O) groups excluding carboxylic acids is 1. The molecule has 1 amide bonds. The van der Waals surface area contributed by atoms with E-state index in [2.05, 4.69) is 22.1 Å². The molecular formula is C21H21ClN4O2S3. The first kappa shape index (κ1) is 22.1. The summed E-state index contributed by atoms with van der Waals surface area (Å²) in [6.45, 7) is 3.04. The lowest BCUT2D eigenvalue weighted by Crippen LogP contribution is -2.49. The third kappa shape index (κ3) is 5.41. The Morgan fingerprint density at radius 1 is 1.10 bits per heavy atom. The number of halogens is 1. The number of benzene rings is 2. The van der Waals surface area contributed by atoms with E-state index in [1.165, 1.54) is 23.1 Å². The number of hydrogen-bond donors (Lipinski definition) is 0. The molecular weight excluding hydrogens is 472 g/mol. The molecule has 162 valence electrons. The van der Waals surface area contributed by atoms with Crippen molar-refractivity contribution in [3.8, 4) is 11.4 Å². The van der Waals surface area contributed by atoms with Gasteiger partial charge in [-0.05, 0) is 60.7 Å². The summed E-state index contributed by atoms with van der Waals surface area (Å²) >= 11 is 14.2. The van der Waals surface area contributed by atoms with Gasteiger partial charge in [0.05, 0.1) is 18.6 Å². The van der Waals surface area contributed by atoms with Crippen molar-refractivity contribution < 1.29 is 9.53 Å². The predicted molar refractivity (Wildman–Crippen MR) is 130 cm³/mol. The minimum absolute atomic E-state index is 0.124. The second-order valence-electron chi connectivity index (χ2n) is 6.88. The van der Waals surface area contributed by atoms with E-state index >= 15 is 0 Å². The van der Waals surface area contributed by atoms with Crippen LogP contribution in [0.25, 0.3) is 5.69 Å². The van der Waals surface area contributed by atoms with Crippen LogP contribution in [0.3, 0.4) is 0 Å². The van der Waals surface area contributed by atoms with Crippen LogP contribution in [0.2, 0.25) is 5.02 Å². The lowest BCUT2D eigenvalue weighted by molar-refractivity contribution is -0.128. The van der Waals surface area contributed by atoms with Gasteiger partial charge < -0.3 is 14.5 Å². The van der Waals surface area contributed by atoms with E-state index in [-0.39, 0.29) is 5.91 Å². The van der Waals surface area contributed by atoms with Crippen LogP contribution in [0.1, 0.15) is 0 Å². The molecule has 0 atom stereocenters. The Kier molecular flexibility index (Phi) is 7.16. The van der Waals surface area contributed by atoms with E-state index < -0.39 is 0 Å². The highest BCUT2D eigenvalue weighted by atomic mass is 35.5. The molecule has 1 fully saturated rings. The summed E-state index contributed by atoms with van der Waals surface area (Å²) in [5.74, 6) is 1.32. The van der Waals surface area contributed by atoms with E-state index in [9.17, 15) is 4.79 Å². The molecule has 0 saturated carbocycles. The number of piperazine rings is 1. The fourth-order valence-corrected chi connectivity index (χ4v) is 5.68. The van der Waals surface area contributed by atoms with Crippen LogP contribution in [0, 0.1) is 3.95 Å². The maximum Gasteiger partial charge on any atom is 0.233 e. The van der Waals surface area contributed by atoms with Gasteiger partial charge in [-0.1, -0.05) is 34.7 Å². The molecule has 1 aromatic heterocycles. The van der Waals surface area contributed by atoms with Crippen LogP contribution < -0.4 is 9.64 Å². The van der Waals surface area contributed by atoms with Crippen molar-refractivity contribution in [3.63, 3.8) is 0 Å². The van der Waals surface area contributed by atoms with Gasteiger partial charge in [0.1, 0.15) is 5.75 Å². The maximum absolute atomic E-state index is 12.7. The van der Waals surface area contributed by atoms with Gasteiger partial charge in [-0.2, -0.15) is 0 Å². The smallest absolute Gasteiger partial charge is 0.233 e. The molecule has 0 bridgehead atoms. The van der Waals surface area contributed by atoms with Crippen molar-refractivity contribution in [2.24, 2.45) is 0 Å². The van der Waals surface area contributed by atoms with Crippen LogP contribution in [0.15, 0.2) is 52.9 Å². The normalized spacial score (nSPS) is 14.0. The van der Waals surface area contributed by atoms with Gasteiger partial charge in [0.15, 0.2) is 8.29 Å². The molecule has 2 heterocycles. The molecule has 4 rings (SSSR count). The molecule has 0 N–H and O–H groups in total. The Balaban J connectivity index is 1.30. The first-order valence-electron chi connectivity index (χ1n) is 9.69. The monoisotopic (exact) mass is 492 g/mol. The Labute approximate surface area is 199 Å². The van der Waals surface area contributed by atoms with Crippen molar-refractivity contribution in [1.29, 1.82) is 0 Å². The number of anilines is 1. The minimum Gasteiger partial charge on any atom is -0.497 e. The predicted octanol–water partition coefficient (Wildman–Crippen LogP) is 4.77. The van der Waals surface area contributed by atoms with Gasteiger partial charge in [0.25, 0.3) is 0 Å². The van der Waals surface area contributed by atoms with Crippen molar-refractivity contribution in [1.82, 2.24) is 14.7 Å². The van der Waals surface area contributed by atoms with E-state index in [4.69, 9.17) is 28.6 Å². The van der Waals surface area contributed by atoms with E-state index in [1.54, 1.807) is 23.9 Å². The molecule has 1 aliphatic rings. The highest BCUT2D eigenvalue weighted by Gasteiger charge is 2.22. The average Bonchev–Trinajstić information content (AvgIpc) is 3.18. The van der Waals surface area contributed by atoms with Crippen LogP contribution in [-0.2, 0) is 4.79 Å². The molecule has 6 nitrogen and oxygen atoms in total. The number of nitrogens with zero attached hydrogens (tertiary/aromatic N) is 4. The highest BCUT2D eigenvalue weighted by Crippen LogP contribution is 2.26. The van der Waals surface area contributed by atoms with E-state index in [0.29, 0.717) is 27.8 Å². The van der Waals surface area contributed by atoms with E-state index in [1.807, 2.05) is 29.2 Å². The average molecular weight is 493 g/mol. The SMILES string of the molecule is COc1ccc(N2CCN(C(=O)CSc3nn(-c4ccc(Cl)cc4)c(=S)s3)CC2)cc1. The number of thioether (sulfide) groups is 1. The summed E-state index contributed by atoms with van der Waals surface area (Å²) < 4.78 is 8.35. The first-order chi connectivity index (χ1) is 15.0. The topological polar surface area (TPSA) is 50.6 Å². The highest BCUT2D eigenvalue weighted by molar-refractivity contribution is 8.01. The number of carbonyl (C=O) groups is 1. The van der Waals surface area contributed by atoms with Gasteiger partial charge in [-0.3, -0.25) is 4.79 Å². The number of rotatable bonds is 6. The van der Waals surface area contributed by atoms with Gasteiger partial charge in [0.2, 0.25) is 5.91 Å². The van der Waals surface area contributed by atoms with Crippen LogP contribution in [-0.4, -0.2) is 59.6 Å². The van der Waals surface area contributed by atoms with Crippen molar-refractivity contribution in [3.05, 3.63) is 57.5 Å². The summed E-state index contributed by atoms with van der Waals surface area (Å²) in [5, 5.41) is 5.22. The molecule has 1 aliphatic heterocycles. The lowest BCUT2D eigenvalue weighted by Gasteiger charge is -2.36. The fraction of sp³-hybridized carbons (Fsp3) is 0.286. The zero-order valence-corrected chi connectivity index (χ0v) is 20.1. The molecule has 1 saturated heterocycles. The number of amides is 1. The zero-order chi connectivity index (χ0) is 21.8. The standard InChI is InChI=1S/C21H21ClN4O2S3/c1-28-18-8-6-16(7-9-18)24-10-12-25(13-11-24)19(27)14-30-20-23-26(21(29)31-20)17-4-2-15(22)3-5-17/h2-9H,10-14H2,1H3. The molecule has 2 aromatic carbocycles. The maximum atomic E-state index is 12.7. The number of methoxy groups -OCH3 is 1. The van der Waals surface area contributed by atoms with Crippen LogP contribution >= 0.6 is 46.9 Å². The second-order valence-corrected chi connectivity index (χ2v) is 10.2. The summed E-state index contributed by atoms with van der Waals surface area (Å²) in [4.78, 5) is 16.9. The van der Waals surface area contributed by atoms with Gasteiger partial charge >= 0.3 is 0 Å². The molecule has 0 unspecified atom stereocenters. The van der Waals surface area contributed by atoms with Gasteiger partial charge in [-0.25, -0.2) is 4.68 Å². The Morgan fingerprint density at radius 3 is 2.39 bits per heavy atom. The number of hydrogen-bond acceptors (Lipinski definition) is 7. The number of aromatic nitrogens is 2. The van der Waals surface area contributed by atoms with Crippen molar-refractivity contribution >= 4 is 58.5 Å². The van der Waals surface area contributed by atoms with Crippen LogP contribution in [0.4, 0.5) is 5.69 Å². The zero-order valence-electron chi connectivity index (χ0n) is 16.9. The Bertz CT molecular complexity index is 1090. The Hall–Kier alpha value is -2.07. The molecule has 3 aromatic rings. The molecule has 0 spiro atoms. The molecule has 31 heavy (non-hydrogen) atoms.